The van der Waals surface area contributed by atoms with E-state index in [-0.39, 0.29) is 12.4 Å². The molecular weight excluding hydrogens is 347 g/mol. The van der Waals surface area contributed by atoms with Gasteiger partial charge in [0.05, 0.1) is 24.5 Å². The van der Waals surface area contributed by atoms with Crippen molar-refractivity contribution >= 4 is 17.6 Å². The minimum atomic E-state index is -4.72. The molecular formula is C18H18F3N3O2. The molecule has 5 nitrogen and oxygen atoms in total. The third kappa shape index (κ3) is 3.81. The second-order valence-corrected chi connectivity index (χ2v) is 5.74. The summed E-state index contributed by atoms with van der Waals surface area (Å²) in [5, 5.41) is 16.0. The van der Waals surface area contributed by atoms with Crippen LogP contribution in [0.2, 0.25) is 0 Å². The van der Waals surface area contributed by atoms with Crippen molar-refractivity contribution in [2.24, 2.45) is 4.99 Å². The fourth-order valence-corrected chi connectivity index (χ4v) is 2.96. The number of fused-ring (bicyclic) bond motifs is 1. The lowest BCUT2D eigenvalue weighted by molar-refractivity contribution is -0.274. The minimum Gasteiger partial charge on any atom is -0.406 e. The summed E-state index contributed by atoms with van der Waals surface area (Å²) in [6, 6.07) is 7.60. The molecule has 0 unspecified atom stereocenters. The third-order valence-electron chi connectivity index (χ3n) is 4.01. The second kappa shape index (κ2) is 7.35. The van der Waals surface area contributed by atoms with E-state index in [1.807, 2.05) is 6.07 Å². The van der Waals surface area contributed by atoms with Gasteiger partial charge in [0.25, 0.3) is 0 Å². The molecule has 0 atom stereocenters. The van der Waals surface area contributed by atoms with E-state index >= 15 is 0 Å². The van der Waals surface area contributed by atoms with Crippen molar-refractivity contribution in [2.75, 3.05) is 18.9 Å². The van der Waals surface area contributed by atoms with Crippen LogP contribution in [-0.4, -0.2) is 31.3 Å². The zero-order chi connectivity index (χ0) is 18.7. The van der Waals surface area contributed by atoms with Crippen LogP contribution in [0.1, 0.15) is 11.1 Å². The fourth-order valence-electron chi connectivity index (χ4n) is 2.96. The normalized spacial score (nSPS) is 13.3. The van der Waals surface area contributed by atoms with Gasteiger partial charge in [0.15, 0.2) is 0 Å². The van der Waals surface area contributed by atoms with E-state index < -0.39 is 6.36 Å². The highest BCUT2D eigenvalue weighted by atomic mass is 19.4. The first-order chi connectivity index (χ1) is 12.4. The van der Waals surface area contributed by atoms with Crippen LogP contribution in [-0.2, 0) is 13.2 Å². The van der Waals surface area contributed by atoms with E-state index in [2.05, 4.69) is 20.4 Å². The topological polar surface area (TPSA) is 65.9 Å². The summed E-state index contributed by atoms with van der Waals surface area (Å²) < 4.78 is 40.9. The van der Waals surface area contributed by atoms with Gasteiger partial charge in [0.1, 0.15) is 5.75 Å². The standard InChI is InChI=1S/C18H18F3N3O2/c1-22-9-12-8-14(16-17(15(12)10-25)24-7-6-23-16)11-2-4-13(5-3-11)26-18(19,20)21/h2-5,7-8,22-23,25H,6,9-10H2,1H3. The first-order valence-electron chi connectivity index (χ1n) is 7.99. The molecule has 2 aromatic carbocycles. The van der Waals surface area contributed by atoms with Gasteiger partial charge in [-0.15, -0.1) is 13.2 Å². The number of alkyl halides is 3. The number of nitrogens with zero attached hydrogens (tertiary/aromatic N) is 1. The maximum Gasteiger partial charge on any atom is 0.573 e. The van der Waals surface area contributed by atoms with Crippen molar-refractivity contribution in [1.82, 2.24) is 5.32 Å². The van der Waals surface area contributed by atoms with Crippen LogP contribution in [0.4, 0.5) is 24.5 Å². The van der Waals surface area contributed by atoms with Crippen molar-refractivity contribution in [3.05, 3.63) is 41.5 Å². The van der Waals surface area contributed by atoms with Crippen molar-refractivity contribution in [3.8, 4) is 16.9 Å². The maximum absolute atomic E-state index is 12.3. The van der Waals surface area contributed by atoms with Crippen molar-refractivity contribution < 1.29 is 23.0 Å². The highest BCUT2D eigenvalue weighted by Gasteiger charge is 2.31. The molecule has 0 bridgehead atoms. The molecule has 138 valence electrons. The summed E-state index contributed by atoms with van der Waals surface area (Å²) in [6.07, 6.45) is -3.01. The predicted molar refractivity (Wildman–Crippen MR) is 93.9 cm³/mol. The Hall–Kier alpha value is -2.58. The summed E-state index contributed by atoms with van der Waals surface area (Å²) in [5.74, 6) is -0.275. The van der Waals surface area contributed by atoms with Crippen LogP contribution >= 0.6 is 0 Å². The van der Waals surface area contributed by atoms with E-state index in [9.17, 15) is 18.3 Å². The number of aliphatic hydroxyl groups is 1. The molecule has 26 heavy (non-hydrogen) atoms. The van der Waals surface area contributed by atoms with E-state index in [1.165, 1.54) is 12.1 Å². The molecule has 1 heterocycles. The average Bonchev–Trinajstić information content (AvgIpc) is 2.61. The number of benzene rings is 2. The van der Waals surface area contributed by atoms with Crippen LogP contribution in [0, 0.1) is 0 Å². The SMILES string of the molecule is CNCc1cc(-c2ccc(OC(F)(F)F)cc2)c2c(c1CO)N=CCN2. The zero-order valence-corrected chi connectivity index (χ0v) is 14.0. The Morgan fingerprint density at radius 1 is 1.27 bits per heavy atom. The van der Waals surface area contributed by atoms with Crippen LogP contribution in [0.15, 0.2) is 35.3 Å². The molecule has 0 saturated carbocycles. The summed E-state index contributed by atoms with van der Waals surface area (Å²) in [5.41, 5.74) is 4.52. The first kappa shape index (κ1) is 18.2. The lowest BCUT2D eigenvalue weighted by Gasteiger charge is -2.22. The highest BCUT2D eigenvalue weighted by Crippen LogP contribution is 2.42. The number of aliphatic imine (C=N–C) groups is 1. The number of ether oxygens (including phenoxy) is 1. The average molecular weight is 365 g/mol. The Labute approximate surface area is 148 Å². The number of hydrogen-bond donors (Lipinski definition) is 3. The quantitative estimate of drug-likeness (QED) is 0.758. The van der Waals surface area contributed by atoms with Crippen LogP contribution < -0.4 is 15.4 Å². The zero-order valence-electron chi connectivity index (χ0n) is 14.0. The van der Waals surface area contributed by atoms with Gasteiger partial charge < -0.3 is 20.5 Å². The van der Waals surface area contributed by atoms with Crippen LogP contribution in [0.25, 0.3) is 11.1 Å². The summed E-state index contributed by atoms with van der Waals surface area (Å²) in [7, 11) is 1.80. The lowest BCUT2D eigenvalue weighted by Crippen LogP contribution is -2.17. The lowest BCUT2D eigenvalue weighted by atomic mass is 9.94. The molecule has 0 aromatic heterocycles. The van der Waals surface area contributed by atoms with Crippen LogP contribution in [0.5, 0.6) is 5.75 Å². The smallest absolute Gasteiger partial charge is 0.406 e. The van der Waals surface area contributed by atoms with Gasteiger partial charge in [-0.05, 0) is 36.4 Å². The van der Waals surface area contributed by atoms with Crippen LogP contribution in [0.3, 0.4) is 0 Å². The molecule has 0 aliphatic carbocycles. The number of halogens is 3. The predicted octanol–water partition coefficient (Wildman–Crippen LogP) is 3.59. The molecule has 0 radical (unpaired) electrons. The summed E-state index contributed by atoms with van der Waals surface area (Å²) >= 11 is 0. The number of rotatable bonds is 5. The van der Waals surface area contributed by atoms with E-state index in [4.69, 9.17) is 0 Å². The first-order valence-corrected chi connectivity index (χ1v) is 7.99. The van der Waals surface area contributed by atoms with Gasteiger partial charge in [-0.3, -0.25) is 4.99 Å². The maximum atomic E-state index is 12.3. The molecule has 1 aliphatic rings. The van der Waals surface area contributed by atoms with Gasteiger partial charge in [-0.25, -0.2) is 0 Å². The van der Waals surface area contributed by atoms with Crippen molar-refractivity contribution in [3.63, 3.8) is 0 Å². The molecule has 1 aliphatic heterocycles. The molecule has 0 spiro atoms. The fraction of sp³-hybridized carbons (Fsp3) is 0.278. The number of aliphatic hydroxyl groups excluding tert-OH is 1. The van der Waals surface area contributed by atoms with Crippen molar-refractivity contribution in [1.29, 1.82) is 0 Å². The monoisotopic (exact) mass is 365 g/mol. The Morgan fingerprint density at radius 3 is 2.62 bits per heavy atom. The number of nitrogens with one attached hydrogen (secondary N) is 2. The molecule has 0 amide bonds. The Balaban J connectivity index is 2.07. The Bertz CT molecular complexity index is 818. The molecule has 2 aromatic rings. The van der Waals surface area contributed by atoms with Gasteiger partial charge in [-0.2, -0.15) is 0 Å². The van der Waals surface area contributed by atoms with Gasteiger partial charge in [0, 0.05) is 23.9 Å². The third-order valence-corrected chi connectivity index (χ3v) is 4.01. The van der Waals surface area contributed by atoms with Gasteiger partial charge in [-0.1, -0.05) is 12.1 Å². The number of hydrogen-bond acceptors (Lipinski definition) is 5. The van der Waals surface area contributed by atoms with E-state index in [1.54, 1.807) is 25.4 Å². The Kier molecular flexibility index (Phi) is 5.15. The molecule has 0 saturated heterocycles. The highest BCUT2D eigenvalue weighted by molar-refractivity contribution is 5.93. The molecule has 0 fully saturated rings. The van der Waals surface area contributed by atoms with E-state index in [0.717, 1.165) is 27.9 Å². The van der Waals surface area contributed by atoms with Gasteiger partial charge in [0.2, 0.25) is 0 Å². The second-order valence-electron chi connectivity index (χ2n) is 5.74. The largest absolute Gasteiger partial charge is 0.573 e. The minimum absolute atomic E-state index is 0.156. The summed E-state index contributed by atoms with van der Waals surface area (Å²) in [6.45, 7) is 0.906. The molecule has 3 N–H and O–H groups in total. The Morgan fingerprint density at radius 2 is 2.00 bits per heavy atom. The van der Waals surface area contributed by atoms with Gasteiger partial charge >= 0.3 is 6.36 Å². The molecule has 3 rings (SSSR count). The number of anilines is 1. The summed E-state index contributed by atoms with van der Waals surface area (Å²) in [4.78, 5) is 4.41. The molecule has 8 heteroatoms. The van der Waals surface area contributed by atoms with E-state index in [0.29, 0.717) is 18.8 Å². The van der Waals surface area contributed by atoms with Crippen molar-refractivity contribution in [2.45, 2.75) is 19.5 Å².